The lowest BCUT2D eigenvalue weighted by Gasteiger charge is -2.45. The molecule has 0 aromatic carbocycles. The Morgan fingerprint density at radius 1 is 0.556 bits per heavy atom. The maximum absolute atomic E-state index is 12.3. The molecular weight excluding hydrogens is 567 g/mol. The molecule has 3 amide bonds. The predicted octanol–water partition coefficient (Wildman–Crippen LogP) is -4.95. The molecule has 0 heterocycles. The number of amides is 3. The Balaban J connectivity index is 3.42. The summed E-state index contributed by atoms with van der Waals surface area (Å²) in [5, 5.41) is 30.6. The van der Waals surface area contributed by atoms with Crippen LogP contribution in [0, 0.1) is 0 Å². The van der Waals surface area contributed by atoms with Crippen LogP contribution in [0.3, 0.4) is 0 Å². The highest BCUT2D eigenvalue weighted by Crippen LogP contribution is 2.54. The number of aliphatic hydroxyl groups is 3. The smallest absolute Gasteiger partial charge is 0.387 e. The van der Waals surface area contributed by atoms with Crippen molar-refractivity contribution < 1.29 is 85.2 Å². The minimum atomic E-state index is -5.49. The van der Waals surface area contributed by atoms with E-state index in [1.54, 1.807) is 0 Å². The van der Waals surface area contributed by atoms with Crippen LogP contribution in [0.5, 0.6) is 0 Å². The molecular formula is C12H24N3O18P3. The maximum Gasteiger partial charge on any atom is 0.473 e. The zero-order chi connectivity index (χ0) is 28.1. The van der Waals surface area contributed by atoms with Crippen LogP contribution >= 0.6 is 23.5 Å². The Hall–Kier alpha value is -1.38. The van der Waals surface area contributed by atoms with Crippen molar-refractivity contribution in [1.29, 1.82) is 0 Å². The van der Waals surface area contributed by atoms with E-state index in [0.717, 1.165) is 0 Å². The molecule has 36 heavy (non-hydrogen) atoms. The number of carbonyl (C=O) groups excluding carboxylic acids is 3. The van der Waals surface area contributed by atoms with Gasteiger partial charge in [-0.2, -0.15) is 0 Å². The molecule has 1 fully saturated rings. The molecule has 0 spiro atoms. The minimum Gasteiger partial charge on any atom is -0.387 e. The first-order valence-electron chi connectivity index (χ1n) is 9.13. The molecule has 0 aromatic heterocycles. The normalized spacial score (nSPS) is 31.5. The second kappa shape index (κ2) is 12.9. The number of primary amides is 3. The summed E-state index contributed by atoms with van der Waals surface area (Å²) in [4.78, 5) is 61.9. The fourth-order valence-corrected chi connectivity index (χ4v) is 5.23. The van der Waals surface area contributed by atoms with E-state index in [9.17, 15) is 58.1 Å². The van der Waals surface area contributed by atoms with E-state index in [0.29, 0.717) is 0 Å². The van der Waals surface area contributed by atoms with Crippen LogP contribution in [-0.2, 0) is 55.2 Å². The van der Waals surface area contributed by atoms with Crippen molar-refractivity contribution in [2.75, 3.05) is 19.8 Å². The van der Waals surface area contributed by atoms with Crippen LogP contribution in [0.4, 0.5) is 0 Å². The second-order valence-corrected chi connectivity index (χ2v) is 11.0. The van der Waals surface area contributed by atoms with Gasteiger partial charge >= 0.3 is 23.5 Å². The molecule has 0 bridgehead atoms. The zero-order valence-electron chi connectivity index (χ0n) is 17.7. The van der Waals surface area contributed by atoms with Gasteiger partial charge in [-0.1, -0.05) is 0 Å². The fraction of sp³-hybridized carbons (Fsp3) is 0.750. The summed E-state index contributed by atoms with van der Waals surface area (Å²) >= 11 is 0. The molecule has 1 saturated carbocycles. The third-order valence-electron chi connectivity index (χ3n) is 3.90. The number of phosphoric ester groups is 3. The van der Waals surface area contributed by atoms with Gasteiger partial charge in [-0.05, 0) is 0 Å². The average Bonchev–Trinajstić information content (AvgIpc) is 2.74. The first kappa shape index (κ1) is 32.6. The quantitative estimate of drug-likeness (QED) is 0.0805. The molecule has 21 nitrogen and oxygen atoms in total. The molecule has 7 unspecified atom stereocenters. The van der Waals surface area contributed by atoms with Gasteiger partial charge in [0.15, 0.2) is 0 Å². The molecule has 0 radical (unpaired) electrons. The standard InChI is InChI=1S/C12H24N3O18P3/c13-4(16)1-28-34(22,23)31-10-8(20)7(19)9(21)11(32-35(24,25)29-2-5(14)17)12(10)33-36(26,27)30-3-6(15)18/h7-12,19-21H,1-3H2,(H2,13,16)(H2,14,17)(H2,15,18)(H,22,23)(H,24,25)(H,26,27). The van der Waals surface area contributed by atoms with Crippen molar-refractivity contribution >= 4 is 41.2 Å². The molecule has 1 rings (SSSR count). The molecule has 12 N–H and O–H groups in total. The fourth-order valence-electron chi connectivity index (χ4n) is 2.52. The van der Waals surface area contributed by atoms with E-state index in [-0.39, 0.29) is 0 Å². The number of phosphoric acid groups is 3. The third kappa shape index (κ3) is 10.5. The van der Waals surface area contributed by atoms with Crippen molar-refractivity contribution in [3.05, 3.63) is 0 Å². The largest absolute Gasteiger partial charge is 0.473 e. The summed E-state index contributed by atoms with van der Waals surface area (Å²) in [5.41, 5.74) is 14.3. The zero-order valence-corrected chi connectivity index (χ0v) is 20.4. The molecule has 0 saturated heterocycles. The van der Waals surface area contributed by atoms with Crippen LogP contribution in [0.2, 0.25) is 0 Å². The van der Waals surface area contributed by atoms with Gasteiger partial charge in [-0.3, -0.25) is 41.5 Å². The Kier molecular flexibility index (Phi) is 11.7. The molecule has 0 aromatic rings. The van der Waals surface area contributed by atoms with E-state index in [4.69, 9.17) is 17.2 Å². The summed E-state index contributed by atoms with van der Waals surface area (Å²) in [6.07, 6.45) is -15.1. The van der Waals surface area contributed by atoms with E-state index < -0.39 is 97.6 Å². The Morgan fingerprint density at radius 3 is 1.06 bits per heavy atom. The number of hydrogen-bond acceptors (Lipinski definition) is 15. The lowest BCUT2D eigenvalue weighted by molar-refractivity contribution is -0.213. The first-order chi connectivity index (χ1) is 16.3. The highest BCUT2D eigenvalue weighted by molar-refractivity contribution is 7.48. The minimum absolute atomic E-state index is 1.22. The van der Waals surface area contributed by atoms with Gasteiger partial charge in [0.2, 0.25) is 17.7 Å². The van der Waals surface area contributed by atoms with Crippen LogP contribution in [0.25, 0.3) is 0 Å². The highest BCUT2D eigenvalue weighted by atomic mass is 31.2. The number of carbonyl (C=O) groups is 3. The highest BCUT2D eigenvalue weighted by Gasteiger charge is 2.57. The van der Waals surface area contributed by atoms with E-state index in [1.807, 2.05) is 0 Å². The van der Waals surface area contributed by atoms with Crippen molar-refractivity contribution in [1.82, 2.24) is 0 Å². The number of nitrogens with two attached hydrogens (primary N) is 3. The van der Waals surface area contributed by atoms with Crippen LogP contribution in [0.15, 0.2) is 0 Å². The molecule has 0 aliphatic heterocycles. The third-order valence-corrected chi connectivity index (χ3v) is 6.79. The van der Waals surface area contributed by atoms with Gasteiger partial charge in [-0.15, -0.1) is 0 Å². The number of hydrogen-bond donors (Lipinski definition) is 9. The summed E-state index contributed by atoms with van der Waals surface area (Å²) in [6, 6.07) is 0. The van der Waals surface area contributed by atoms with Gasteiger partial charge in [0.05, 0.1) is 0 Å². The topological polar surface area (TPSA) is 357 Å². The summed E-state index contributed by atoms with van der Waals surface area (Å²) in [5.74, 6) is -3.82. The molecule has 7 atom stereocenters. The molecule has 1 aliphatic rings. The number of rotatable bonds is 15. The van der Waals surface area contributed by atoms with Gasteiger partial charge in [0.25, 0.3) is 0 Å². The van der Waals surface area contributed by atoms with E-state index in [2.05, 4.69) is 27.1 Å². The van der Waals surface area contributed by atoms with Gasteiger partial charge in [0, 0.05) is 0 Å². The summed E-state index contributed by atoms with van der Waals surface area (Å²) in [6.45, 7) is -3.69. The summed E-state index contributed by atoms with van der Waals surface area (Å²) < 4.78 is 63.0. The molecule has 1 aliphatic carbocycles. The van der Waals surface area contributed by atoms with Gasteiger partial charge in [0.1, 0.15) is 56.4 Å². The summed E-state index contributed by atoms with van der Waals surface area (Å²) in [7, 11) is -16.4. The van der Waals surface area contributed by atoms with E-state index in [1.165, 1.54) is 0 Å². The first-order valence-corrected chi connectivity index (χ1v) is 13.6. The second-order valence-electron chi connectivity index (χ2n) is 6.81. The van der Waals surface area contributed by atoms with Crippen LogP contribution < -0.4 is 17.2 Å². The van der Waals surface area contributed by atoms with E-state index >= 15 is 0 Å². The average molecular weight is 591 g/mol. The lowest BCUT2D eigenvalue weighted by atomic mass is 9.85. The Bertz CT molecular complexity index is 909. The lowest BCUT2D eigenvalue weighted by Crippen LogP contribution is -2.65. The number of aliphatic hydroxyl groups excluding tert-OH is 3. The van der Waals surface area contributed by atoms with Crippen molar-refractivity contribution in [3.8, 4) is 0 Å². The Labute approximate surface area is 200 Å². The Morgan fingerprint density at radius 2 is 0.806 bits per heavy atom. The van der Waals surface area contributed by atoms with Crippen molar-refractivity contribution in [2.24, 2.45) is 17.2 Å². The van der Waals surface area contributed by atoms with Gasteiger partial charge < -0.3 is 47.2 Å². The SMILES string of the molecule is NC(=O)COP(=O)(O)OC1C(O)C(O)C(O)C(OP(=O)(O)OCC(N)=O)C1OP(=O)(O)OCC(N)=O. The van der Waals surface area contributed by atoms with Crippen LogP contribution in [0.1, 0.15) is 0 Å². The molecule has 210 valence electrons. The van der Waals surface area contributed by atoms with Gasteiger partial charge in [-0.25, -0.2) is 13.7 Å². The van der Waals surface area contributed by atoms with Crippen molar-refractivity contribution in [2.45, 2.75) is 36.6 Å². The predicted molar refractivity (Wildman–Crippen MR) is 108 cm³/mol. The monoisotopic (exact) mass is 591 g/mol. The maximum atomic E-state index is 12.3. The van der Waals surface area contributed by atoms with Crippen molar-refractivity contribution in [3.63, 3.8) is 0 Å². The molecule has 24 heteroatoms. The van der Waals surface area contributed by atoms with Crippen LogP contribution in [-0.4, -0.2) is 104 Å².